The van der Waals surface area contributed by atoms with E-state index < -0.39 is 10.0 Å². The van der Waals surface area contributed by atoms with Gasteiger partial charge in [0.1, 0.15) is 0 Å². The summed E-state index contributed by atoms with van der Waals surface area (Å²) in [6.45, 7) is 5.13. The van der Waals surface area contributed by atoms with Crippen molar-refractivity contribution in [2.75, 3.05) is 26.2 Å². The lowest BCUT2D eigenvalue weighted by atomic mass is 9.98. The molecule has 1 aromatic rings. The zero-order chi connectivity index (χ0) is 13.7. The molecule has 0 atom stereocenters. The van der Waals surface area contributed by atoms with Gasteiger partial charge in [0.2, 0.25) is 0 Å². The number of sulfonamides is 1. The van der Waals surface area contributed by atoms with Crippen LogP contribution in [0.5, 0.6) is 0 Å². The topological polar surface area (TPSA) is 78.1 Å². The number of aromatic nitrogens is 2. The van der Waals surface area contributed by atoms with Crippen molar-refractivity contribution in [2.24, 2.45) is 5.92 Å². The minimum atomic E-state index is -3.42. The highest BCUT2D eigenvalue weighted by atomic mass is 32.2. The molecule has 0 unspecified atom stereocenters. The van der Waals surface area contributed by atoms with E-state index in [1.165, 1.54) is 12.3 Å². The molecule has 19 heavy (non-hydrogen) atoms. The normalized spacial score (nSPS) is 18.0. The van der Waals surface area contributed by atoms with Crippen molar-refractivity contribution in [3.05, 3.63) is 12.3 Å². The van der Waals surface area contributed by atoms with E-state index in [-0.39, 0.29) is 5.03 Å². The standard InChI is InChI=1S/C12H22N4O2S/c1-2-9-16(10-11-3-6-13-7-4-11)19(17,18)12-5-8-14-15-12/h5,8,11,13H,2-4,6-7,9-10H2,1H3,(H,14,15). The van der Waals surface area contributed by atoms with Crippen molar-refractivity contribution in [3.63, 3.8) is 0 Å². The van der Waals surface area contributed by atoms with Crippen LogP contribution in [-0.2, 0) is 10.0 Å². The number of hydrogen-bond donors (Lipinski definition) is 2. The van der Waals surface area contributed by atoms with Gasteiger partial charge in [0.15, 0.2) is 5.03 Å². The Labute approximate surface area is 114 Å². The predicted molar refractivity (Wildman–Crippen MR) is 73.2 cm³/mol. The molecule has 2 N–H and O–H groups in total. The van der Waals surface area contributed by atoms with Gasteiger partial charge in [-0.2, -0.15) is 9.40 Å². The van der Waals surface area contributed by atoms with E-state index in [1.807, 2.05) is 6.92 Å². The van der Waals surface area contributed by atoms with E-state index in [0.29, 0.717) is 19.0 Å². The molecule has 0 radical (unpaired) electrons. The van der Waals surface area contributed by atoms with Crippen LogP contribution in [0.1, 0.15) is 26.2 Å². The number of nitrogens with zero attached hydrogens (tertiary/aromatic N) is 2. The molecule has 0 spiro atoms. The number of rotatable bonds is 6. The van der Waals surface area contributed by atoms with Gasteiger partial charge in [-0.05, 0) is 44.3 Å². The van der Waals surface area contributed by atoms with E-state index in [0.717, 1.165) is 32.4 Å². The Kier molecular flexibility index (Phi) is 4.95. The largest absolute Gasteiger partial charge is 0.317 e. The molecule has 7 heteroatoms. The highest BCUT2D eigenvalue weighted by molar-refractivity contribution is 7.89. The average Bonchev–Trinajstić information content (AvgIpc) is 2.94. The summed E-state index contributed by atoms with van der Waals surface area (Å²) in [6.07, 6.45) is 4.37. The number of H-pyrrole nitrogens is 1. The van der Waals surface area contributed by atoms with Gasteiger partial charge in [-0.15, -0.1) is 0 Å². The fourth-order valence-electron chi connectivity index (χ4n) is 2.44. The Bertz CT molecular complexity index is 466. The highest BCUT2D eigenvalue weighted by Crippen LogP contribution is 2.19. The third-order valence-electron chi connectivity index (χ3n) is 3.49. The molecule has 2 rings (SSSR count). The molecule has 0 bridgehead atoms. The van der Waals surface area contributed by atoms with Crippen molar-refractivity contribution < 1.29 is 8.42 Å². The van der Waals surface area contributed by atoms with Crippen molar-refractivity contribution in [1.82, 2.24) is 19.8 Å². The quantitative estimate of drug-likeness (QED) is 0.811. The van der Waals surface area contributed by atoms with Gasteiger partial charge >= 0.3 is 0 Å². The van der Waals surface area contributed by atoms with Gasteiger partial charge < -0.3 is 5.32 Å². The summed E-state index contributed by atoms with van der Waals surface area (Å²) < 4.78 is 26.6. The van der Waals surface area contributed by atoms with Crippen molar-refractivity contribution in [2.45, 2.75) is 31.2 Å². The molecule has 1 aromatic heterocycles. The minimum absolute atomic E-state index is 0.190. The first-order valence-corrected chi connectivity index (χ1v) is 8.29. The van der Waals surface area contributed by atoms with Crippen LogP contribution in [0.25, 0.3) is 0 Å². The number of hydrogen-bond acceptors (Lipinski definition) is 4. The van der Waals surface area contributed by atoms with Crippen molar-refractivity contribution >= 4 is 10.0 Å². The lowest BCUT2D eigenvalue weighted by Gasteiger charge is -2.28. The Morgan fingerprint density at radius 2 is 2.16 bits per heavy atom. The fraction of sp³-hybridized carbons (Fsp3) is 0.750. The predicted octanol–water partition coefficient (Wildman–Crippen LogP) is 0.810. The van der Waals surface area contributed by atoms with E-state index >= 15 is 0 Å². The van der Waals surface area contributed by atoms with Gasteiger partial charge in [0, 0.05) is 13.1 Å². The third-order valence-corrected chi connectivity index (χ3v) is 5.28. The molecule has 1 aliphatic rings. The number of aromatic amines is 1. The van der Waals surface area contributed by atoms with Gasteiger partial charge in [0.05, 0.1) is 6.20 Å². The van der Waals surface area contributed by atoms with Crippen LogP contribution < -0.4 is 5.32 Å². The summed E-state index contributed by atoms with van der Waals surface area (Å²) in [7, 11) is -3.42. The molecule has 0 aliphatic carbocycles. The third kappa shape index (κ3) is 3.55. The van der Waals surface area contributed by atoms with E-state index in [4.69, 9.17) is 0 Å². The maximum atomic E-state index is 12.5. The van der Waals surface area contributed by atoms with Crippen LogP contribution in [0, 0.1) is 5.92 Å². The van der Waals surface area contributed by atoms with E-state index in [2.05, 4.69) is 15.5 Å². The van der Waals surface area contributed by atoms with Crippen molar-refractivity contribution in [3.8, 4) is 0 Å². The maximum Gasteiger partial charge on any atom is 0.259 e. The Morgan fingerprint density at radius 1 is 1.42 bits per heavy atom. The summed E-state index contributed by atoms with van der Waals surface area (Å²) in [5.74, 6) is 0.450. The molecule has 1 aliphatic heterocycles. The SMILES string of the molecule is CCCN(CC1CCNCC1)S(=O)(=O)c1ccn[nH]1. The number of piperidine rings is 1. The van der Waals surface area contributed by atoms with Gasteiger partial charge in [-0.1, -0.05) is 6.92 Å². The van der Waals surface area contributed by atoms with Crippen molar-refractivity contribution in [1.29, 1.82) is 0 Å². The van der Waals surface area contributed by atoms with E-state index in [1.54, 1.807) is 4.31 Å². The molecule has 0 amide bonds. The van der Waals surface area contributed by atoms with Crippen LogP contribution in [0.2, 0.25) is 0 Å². The molecule has 0 aromatic carbocycles. The molecule has 2 heterocycles. The maximum absolute atomic E-state index is 12.5. The fourth-order valence-corrected chi connectivity index (χ4v) is 3.95. The molecule has 108 valence electrons. The molecular weight excluding hydrogens is 264 g/mol. The monoisotopic (exact) mass is 286 g/mol. The first-order valence-electron chi connectivity index (χ1n) is 6.85. The van der Waals surface area contributed by atoms with Gasteiger partial charge in [0.25, 0.3) is 10.0 Å². The second-order valence-corrected chi connectivity index (χ2v) is 6.88. The molecular formula is C12H22N4O2S. The summed E-state index contributed by atoms with van der Waals surface area (Å²) in [4.78, 5) is 0. The van der Waals surface area contributed by atoms with Crippen LogP contribution in [-0.4, -0.2) is 49.1 Å². The van der Waals surface area contributed by atoms with Crippen LogP contribution >= 0.6 is 0 Å². The zero-order valence-electron chi connectivity index (χ0n) is 11.3. The first kappa shape index (κ1) is 14.5. The Morgan fingerprint density at radius 3 is 2.74 bits per heavy atom. The second kappa shape index (κ2) is 6.49. The van der Waals surface area contributed by atoms with Crippen LogP contribution in [0.15, 0.2) is 17.3 Å². The lowest BCUT2D eigenvalue weighted by molar-refractivity contribution is 0.287. The second-order valence-electron chi connectivity index (χ2n) is 4.98. The zero-order valence-corrected chi connectivity index (χ0v) is 12.1. The smallest absolute Gasteiger partial charge is 0.259 e. The van der Waals surface area contributed by atoms with Gasteiger partial charge in [-0.3, -0.25) is 5.10 Å². The first-order chi connectivity index (χ1) is 9.14. The van der Waals surface area contributed by atoms with E-state index in [9.17, 15) is 8.42 Å². The minimum Gasteiger partial charge on any atom is -0.317 e. The Hall–Kier alpha value is -0.920. The summed E-state index contributed by atoms with van der Waals surface area (Å²) in [6, 6.07) is 1.51. The average molecular weight is 286 g/mol. The summed E-state index contributed by atoms with van der Waals surface area (Å²) >= 11 is 0. The molecule has 1 saturated heterocycles. The van der Waals surface area contributed by atoms with Crippen LogP contribution in [0.3, 0.4) is 0 Å². The summed E-state index contributed by atoms with van der Waals surface area (Å²) in [5, 5.41) is 9.79. The molecule has 6 nitrogen and oxygen atoms in total. The van der Waals surface area contributed by atoms with Gasteiger partial charge in [-0.25, -0.2) is 8.42 Å². The van der Waals surface area contributed by atoms with Crippen LogP contribution in [0.4, 0.5) is 0 Å². The summed E-state index contributed by atoms with van der Waals surface area (Å²) in [5.41, 5.74) is 0. The molecule has 1 fully saturated rings. The highest BCUT2D eigenvalue weighted by Gasteiger charge is 2.28. The molecule has 0 saturated carbocycles. The Balaban J connectivity index is 2.10. The lowest BCUT2D eigenvalue weighted by Crippen LogP contribution is -2.39. The number of nitrogens with one attached hydrogen (secondary N) is 2.